The highest BCUT2D eigenvalue weighted by Crippen LogP contribution is 2.43. The number of carbonyl (C=O) groups is 1. The first-order valence-electron chi connectivity index (χ1n) is 7.09. The van der Waals surface area contributed by atoms with Crippen molar-refractivity contribution in [1.82, 2.24) is 5.32 Å². The van der Waals surface area contributed by atoms with E-state index in [-0.39, 0.29) is 22.3 Å². The molecule has 0 saturated heterocycles. The Balaban J connectivity index is 2.48. The van der Waals surface area contributed by atoms with Crippen LogP contribution in [0.5, 0.6) is 0 Å². The smallest absolute Gasteiger partial charge is 0.221 e. The molecule has 0 bridgehead atoms. The lowest BCUT2D eigenvalue weighted by Gasteiger charge is -2.41. The zero-order valence-electron chi connectivity index (χ0n) is 12.7. The molecule has 18 heavy (non-hydrogen) atoms. The fourth-order valence-electron chi connectivity index (χ4n) is 3.26. The van der Waals surface area contributed by atoms with Crippen LogP contribution in [0.1, 0.15) is 66.7 Å². The van der Waals surface area contributed by atoms with Gasteiger partial charge in [-0.15, -0.1) is 0 Å². The maximum atomic E-state index is 12.1. The fraction of sp³-hybridized carbons (Fsp3) is 0.933. The van der Waals surface area contributed by atoms with E-state index in [1.54, 1.807) is 0 Å². The van der Waals surface area contributed by atoms with Gasteiger partial charge in [0, 0.05) is 12.0 Å². The Morgan fingerprint density at radius 2 is 1.78 bits per heavy atom. The molecule has 1 saturated carbocycles. The van der Waals surface area contributed by atoms with Crippen LogP contribution in [-0.4, -0.2) is 18.0 Å². The second kappa shape index (κ2) is 5.20. The summed E-state index contributed by atoms with van der Waals surface area (Å²) in [4.78, 5) is 12.1. The molecule has 0 atom stereocenters. The van der Waals surface area contributed by atoms with Gasteiger partial charge in [-0.3, -0.25) is 4.79 Å². The third-order valence-electron chi connectivity index (χ3n) is 3.83. The fourth-order valence-corrected chi connectivity index (χ4v) is 3.26. The van der Waals surface area contributed by atoms with Crippen LogP contribution in [0.15, 0.2) is 0 Å². The van der Waals surface area contributed by atoms with Gasteiger partial charge in [0.15, 0.2) is 0 Å². The highest BCUT2D eigenvalue weighted by Gasteiger charge is 2.38. The SMILES string of the molecule is CC(C)(C)CC(C)(C)NC(=O)CC1(CN)CCC1. The quantitative estimate of drug-likeness (QED) is 0.792. The number of nitrogens with one attached hydrogen (secondary N) is 1. The maximum absolute atomic E-state index is 12.1. The molecule has 1 fully saturated rings. The summed E-state index contributed by atoms with van der Waals surface area (Å²) in [6.07, 6.45) is 5.00. The van der Waals surface area contributed by atoms with Crippen molar-refractivity contribution in [3.05, 3.63) is 0 Å². The number of carbonyl (C=O) groups excluding carboxylic acids is 1. The predicted octanol–water partition coefficient (Wildman–Crippen LogP) is 2.84. The number of nitrogens with two attached hydrogens (primary N) is 1. The molecule has 1 rings (SSSR count). The van der Waals surface area contributed by atoms with E-state index in [1.807, 2.05) is 0 Å². The van der Waals surface area contributed by atoms with Crippen LogP contribution >= 0.6 is 0 Å². The molecule has 0 aromatic rings. The molecule has 0 unspecified atom stereocenters. The Labute approximate surface area is 112 Å². The molecule has 3 heteroatoms. The molecule has 106 valence electrons. The van der Waals surface area contributed by atoms with Crippen LogP contribution in [0.2, 0.25) is 0 Å². The van der Waals surface area contributed by atoms with E-state index in [2.05, 4.69) is 39.9 Å². The van der Waals surface area contributed by atoms with E-state index in [1.165, 1.54) is 6.42 Å². The molecule has 0 spiro atoms. The lowest BCUT2D eigenvalue weighted by atomic mass is 9.66. The van der Waals surface area contributed by atoms with Crippen LogP contribution in [0.25, 0.3) is 0 Å². The number of amides is 1. The Bertz CT molecular complexity index is 293. The molecule has 1 aliphatic rings. The third-order valence-corrected chi connectivity index (χ3v) is 3.83. The third kappa shape index (κ3) is 4.60. The molecule has 0 aromatic heterocycles. The largest absolute Gasteiger partial charge is 0.351 e. The molecular weight excluding hydrogens is 224 g/mol. The Morgan fingerprint density at radius 1 is 1.22 bits per heavy atom. The molecule has 1 amide bonds. The molecule has 0 aromatic carbocycles. The van der Waals surface area contributed by atoms with Crippen LogP contribution in [0.4, 0.5) is 0 Å². The first-order chi connectivity index (χ1) is 8.08. The number of hydrogen-bond donors (Lipinski definition) is 2. The second-order valence-electron chi connectivity index (χ2n) is 7.90. The van der Waals surface area contributed by atoms with E-state index in [9.17, 15) is 4.79 Å². The van der Waals surface area contributed by atoms with E-state index in [4.69, 9.17) is 5.73 Å². The summed E-state index contributed by atoms with van der Waals surface area (Å²) in [6, 6.07) is 0. The van der Waals surface area contributed by atoms with Crippen molar-refractivity contribution >= 4 is 5.91 Å². The van der Waals surface area contributed by atoms with Gasteiger partial charge in [-0.05, 0) is 50.5 Å². The highest BCUT2D eigenvalue weighted by molar-refractivity contribution is 5.77. The zero-order chi connectivity index (χ0) is 14.0. The van der Waals surface area contributed by atoms with E-state index in [0.29, 0.717) is 13.0 Å². The summed E-state index contributed by atoms with van der Waals surface area (Å²) in [5.41, 5.74) is 5.98. The molecular formula is C15H30N2O. The summed E-state index contributed by atoms with van der Waals surface area (Å²) < 4.78 is 0. The Morgan fingerprint density at radius 3 is 2.11 bits per heavy atom. The lowest BCUT2D eigenvalue weighted by Crippen LogP contribution is -2.49. The molecule has 0 heterocycles. The van der Waals surface area contributed by atoms with Crippen LogP contribution in [-0.2, 0) is 4.79 Å². The first kappa shape index (κ1) is 15.5. The standard InChI is InChI=1S/C15H30N2O/c1-13(2,3)10-14(4,5)17-12(18)9-15(11-16)7-6-8-15/h6-11,16H2,1-5H3,(H,17,18). The van der Waals surface area contributed by atoms with Crippen molar-refractivity contribution in [3.63, 3.8) is 0 Å². The Hall–Kier alpha value is -0.570. The van der Waals surface area contributed by atoms with Crippen LogP contribution in [0, 0.1) is 10.8 Å². The van der Waals surface area contributed by atoms with Gasteiger partial charge in [0.05, 0.1) is 0 Å². The van der Waals surface area contributed by atoms with Gasteiger partial charge < -0.3 is 11.1 Å². The minimum absolute atomic E-state index is 0.0991. The molecule has 0 radical (unpaired) electrons. The van der Waals surface area contributed by atoms with Crippen LogP contribution in [0.3, 0.4) is 0 Å². The average molecular weight is 254 g/mol. The molecule has 1 aliphatic carbocycles. The summed E-state index contributed by atoms with van der Waals surface area (Å²) in [7, 11) is 0. The van der Waals surface area contributed by atoms with Crippen molar-refractivity contribution in [2.45, 2.75) is 72.3 Å². The van der Waals surface area contributed by atoms with Gasteiger partial charge in [-0.2, -0.15) is 0 Å². The predicted molar refractivity (Wildman–Crippen MR) is 76.2 cm³/mol. The maximum Gasteiger partial charge on any atom is 0.221 e. The molecule has 3 N–H and O–H groups in total. The monoisotopic (exact) mass is 254 g/mol. The van der Waals surface area contributed by atoms with Crippen molar-refractivity contribution in [3.8, 4) is 0 Å². The first-order valence-corrected chi connectivity index (χ1v) is 7.09. The van der Waals surface area contributed by atoms with Crippen molar-refractivity contribution in [2.24, 2.45) is 16.6 Å². The zero-order valence-corrected chi connectivity index (χ0v) is 12.7. The van der Waals surface area contributed by atoms with Gasteiger partial charge in [0.2, 0.25) is 5.91 Å². The normalized spacial score (nSPS) is 19.2. The molecule has 0 aliphatic heterocycles. The minimum Gasteiger partial charge on any atom is -0.351 e. The van der Waals surface area contributed by atoms with Crippen molar-refractivity contribution < 1.29 is 4.79 Å². The topological polar surface area (TPSA) is 55.1 Å². The highest BCUT2D eigenvalue weighted by atomic mass is 16.1. The summed E-state index contributed by atoms with van der Waals surface area (Å²) in [5, 5.41) is 3.18. The number of rotatable bonds is 5. The summed E-state index contributed by atoms with van der Waals surface area (Å²) >= 11 is 0. The van der Waals surface area contributed by atoms with E-state index < -0.39 is 0 Å². The summed E-state index contributed by atoms with van der Waals surface area (Å²) in [5.74, 6) is 0.161. The Kier molecular flexibility index (Phi) is 4.47. The molecule has 3 nitrogen and oxygen atoms in total. The van der Waals surface area contributed by atoms with Gasteiger partial charge in [-0.1, -0.05) is 27.2 Å². The van der Waals surface area contributed by atoms with Crippen LogP contribution < -0.4 is 11.1 Å². The second-order valence-corrected chi connectivity index (χ2v) is 7.90. The van der Waals surface area contributed by atoms with Crippen molar-refractivity contribution in [1.29, 1.82) is 0 Å². The summed E-state index contributed by atoms with van der Waals surface area (Å²) in [6.45, 7) is 11.5. The van der Waals surface area contributed by atoms with Gasteiger partial charge in [0.25, 0.3) is 0 Å². The minimum atomic E-state index is -0.144. The lowest BCUT2D eigenvalue weighted by molar-refractivity contribution is -0.126. The number of hydrogen-bond acceptors (Lipinski definition) is 2. The average Bonchev–Trinajstić information content (AvgIpc) is 2.05. The van der Waals surface area contributed by atoms with E-state index in [0.717, 1.165) is 19.3 Å². The van der Waals surface area contributed by atoms with Gasteiger partial charge in [-0.25, -0.2) is 0 Å². The van der Waals surface area contributed by atoms with Gasteiger partial charge in [0.1, 0.15) is 0 Å². The van der Waals surface area contributed by atoms with Crippen molar-refractivity contribution in [2.75, 3.05) is 6.54 Å². The van der Waals surface area contributed by atoms with Gasteiger partial charge >= 0.3 is 0 Å². The van der Waals surface area contributed by atoms with E-state index >= 15 is 0 Å².